The van der Waals surface area contributed by atoms with Crippen LogP contribution in [0, 0.1) is 13.8 Å². The summed E-state index contributed by atoms with van der Waals surface area (Å²) in [5.41, 5.74) is 11.1. The minimum absolute atomic E-state index is 0.771. The Labute approximate surface area is 92.6 Å². The second kappa shape index (κ2) is 5.86. The molecule has 0 radical (unpaired) electrons. The lowest BCUT2D eigenvalue weighted by atomic mass is 9.96. The maximum Gasteiger partial charge on any atom is 0.0396 e. The number of benzene rings is 1. The van der Waals surface area contributed by atoms with Gasteiger partial charge >= 0.3 is 0 Å². The van der Waals surface area contributed by atoms with Gasteiger partial charge in [0.05, 0.1) is 0 Å². The molecular formula is C14H19N. The van der Waals surface area contributed by atoms with Crippen molar-refractivity contribution in [2.24, 2.45) is 0 Å². The molecule has 15 heavy (non-hydrogen) atoms. The zero-order valence-corrected chi connectivity index (χ0v) is 9.64. The molecule has 0 fully saturated rings. The van der Waals surface area contributed by atoms with Crippen molar-refractivity contribution in [3.63, 3.8) is 0 Å². The fourth-order valence-electron chi connectivity index (χ4n) is 1.48. The molecule has 2 N–H and O–H groups in total. The quantitative estimate of drug-likeness (QED) is 0.568. The van der Waals surface area contributed by atoms with Crippen LogP contribution in [0.5, 0.6) is 0 Å². The molecule has 1 aromatic carbocycles. The fourth-order valence-corrected chi connectivity index (χ4v) is 1.48. The first-order valence-corrected chi connectivity index (χ1v) is 4.76. The molecule has 0 saturated carbocycles. The Morgan fingerprint density at radius 3 is 1.93 bits per heavy atom. The number of hydrogen-bond donors (Lipinski definition) is 1. The van der Waals surface area contributed by atoms with Gasteiger partial charge in [-0.3, -0.25) is 0 Å². The van der Waals surface area contributed by atoms with Crippen molar-refractivity contribution in [2.75, 3.05) is 5.73 Å². The van der Waals surface area contributed by atoms with Gasteiger partial charge in [0.1, 0.15) is 0 Å². The van der Waals surface area contributed by atoms with E-state index in [-0.39, 0.29) is 0 Å². The number of hydrogen-bond acceptors (Lipinski definition) is 1. The zero-order chi connectivity index (χ0) is 12.0. The third kappa shape index (κ3) is 2.59. The maximum absolute atomic E-state index is 5.86. The van der Waals surface area contributed by atoms with Crippen LogP contribution in [0.1, 0.15) is 22.3 Å². The minimum Gasteiger partial charge on any atom is -0.398 e. The minimum atomic E-state index is 0.771. The van der Waals surface area contributed by atoms with E-state index in [9.17, 15) is 0 Å². The average molecular weight is 201 g/mol. The Bertz CT molecular complexity index is 375. The highest BCUT2D eigenvalue weighted by Gasteiger charge is 2.06. The molecular weight excluding hydrogens is 182 g/mol. The van der Waals surface area contributed by atoms with Crippen molar-refractivity contribution in [3.05, 3.63) is 54.6 Å². The molecule has 0 atom stereocenters. The predicted octanol–water partition coefficient (Wildman–Crippen LogP) is 3.97. The molecule has 1 nitrogen and oxygen atoms in total. The molecule has 1 rings (SSSR count). The van der Waals surface area contributed by atoms with Crippen LogP contribution in [0.3, 0.4) is 0 Å². The molecule has 0 bridgehead atoms. The SMILES string of the molecule is C=C.C=Cc1c(N)cc(C)c(C)c1C=C. The van der Waals surface area contributed by atoms with Crippen molar-refractivity contribution in [1.29, 1.82) is 0 Å². The zero-order valence-electron chi connectivity index (χ0n) is 9.64. The van der Waals surface area contributed by atoms with Crippen LogP contribution >= 0.6 is 0 Å². The molecule has 0 heterocycles. The monoisotopic (exact) mass is 201 g/mol. The van der Waals surface area contributed by atoms with Crippen molar-refractivity contribution in [2.45, 2.75) is 13.8 Å². The van der Waals surface area contributed by atoms with Gasteiger partial charge < -0.3 is 5.73 Å². The molecule has 0 spiro atoms. The highest BCUT2D eigenvalue weighted by molar-refractivity contribution is 5.76. The highest BCUT2D eigenvalue weighted by atomic mass is 14.6. The van der Waals surface area contributed by atoms with Gasteiger partial charge in [-0.1, -0.05) is 25.3 Å². The summed E-state index contributed by atoms with van der Waals surface area (Å²) in [6, 6.07) is 1.97. The van der Waals surface area contributed by atoms with Crippen LogP contribution < -0.4 is 5.73 Å². The number of nitrogen functional groups attached to an aromatic ring is 1. The normalized spacial score (nSPS) is 8.67. The average Bonchev–Trinajstić information content (AvgIpc) is 2.25. The number of anilines is 1. The van der Waals surface area contributed by atoms with Gasteiger partial charge in [-0.2, -0.15) is 0 Å². The molecule has 1 aromatic rings. The van der Waals surface area contributed by atoms with E-state index in [0.29, 0.717) is 0 Å². The highest BCUT2D eigenvalue weighted by Crippen LogP contribution is 2.26. The lowest BCUT2D eigenvalue weighted by Crippen LogP contribution is -1.97. The molecule has 0 amide bonds. The van der Waals surface area contributed by atoms with Crippen LogP contribution in [-0.2, 0) is 0 Å². The van der Waals surface area contributed by atoms with Crippen LogP contribution in [0.25, 0.3) is 12.2 Å². The van der Waals surface area contributed by atoms with E-state index in [2.05, 4.69) is 33.2 Å². The van der Waals surface area contributed by atoms with Crippen LogP contribution in [0.2, 0.25) is 0 Å². The van der Waals surface area contributed by atoms with Gasteiger partial charge in [0, 0.05) is 11.3 Å². The van der Waals surface area contributed by atoms with Crippen LogP contribution in [0.4, 0.5) is 5.69 Å². The van der Waals surface area contributed by atoms with E-state index in [1.807, 2.05) is 19.1 Å². The van der Waals surface area contributed by atoms with Gasteiger partial charge in [-0.25, -0.2) is 0 Å². The first-order chi connectivity index (χ1) is 7.11. The maximum atomic E-state index is 5.86. The molecule has 1 heteroatoms. The Morgan fingerprint density at radius 2 is 1.53 bits per heavy atom. The van der Waals surface area contributed by atoms with E-state index in [1.54, 1.807) is 6.08 Å². The Morgan fingerprint density at radius 1 is 1.07 bits per heavy atom. The Balaban J connectivity index is 0.000000921. The van der Waals surface area contributed by atoms with Gasteiger partial charge in [0.15, 0.2) is 0 Å². The van der Waals surface area contributed by atoms with Crippen LogP contribution in [-0.4, -0.2) is 0 Å². The Hall–Kier alpha value is -1.76. The number of aryl methyl sites for hydroxylation is 1. The first-order valence-electron chi connectivity index (χ1n) is 4.76. The van der Waals surface area contributed by atoms with Gasteiger partial charge in [-0.05, 0) is 36.6 Å². The summed E-state index contributed by atoms with van der Waals surface area (Å²) in [5.74, 6) is 0. The smallest absolute Gasteiger partial charge is 0.0396 e. The topological polar surface area (TPSA) is 26.0 Å². The summed E-state index contributed by atoms with van der Waals surface area (Å²) in [4.78, 5) is 0. The third-order valence-corrected chi connectivity index (χ3v) is 2.38. The number of nitrogens with two attached hydrogens (primary N) is 1. The van der Waals surface area contributed by atoms with E-state index < -0.39 is 0 Å². The Kier molecular flexibility index (Phi) is 5.18. The van der Waals surface area contributed by atoms with E-state index in [1.165, 1.54) is 11.1 Å². The second-order valence-electron chi connectivity index (χ2n) is 3.14. The van der Waals surface area contributed by atoms with Crippen molar-refractivity contribution < 1.29 is 0 Å². The van der Waals surface area contributed by atoms with Gasteiger partial charge in [-0.15, -0.1) is 13.2 Å². The van der Waals surface area contributed by atoms with E-state index in [0.717, 1.165) is 16.8 Å². The standard InChI is InChI=1S/C12H15N.C2H4/c1-5-10-9(4)8(3)7-12(13)11(10)6-2;1-2/h5-7H,1-2,13H2,3-4H3;1-2H2. The summed E-state index contributed by atoms with van der Waals surface area (Å²) in [5, 5.41) is 0. The van der Waals surface area contributed by atoms with Crippen molar-refractivity contribution >= 4 is 17.8 Å². The van der Waals surface area contributed by atoms with E-state index >= 15 is 0 Å². The van der Waals surface area contributed by atoms with Gasteiger partial charge in [0.2, 0.25) is 0 Å². The summed E-state index contributed by atoms with van der Waals surface area (Å²) in [7, 11) is 0. The first kappa shape index (κ1) is 13.2. The van der Waals surface area contributed by atoms with E-state index in [4.69, 9.17) is 5.73 Å². The molecule has 0 aliphatic carbocycles. The van der Waals surface area contributed by atoms with Crippen molar-refractivity contribution in [3.8, 4) is 0 Å². The lowest BCUT2D eigenvalue weighted by Gasteiger charge is -2.11. The largest absolute Gasteiger partial charge is 0.398 e. The lowest BCUT2D eigenvalue weighted by molar-refractivity contribution is 1.32. The summed E-state index contributed by atoms with van der Waals surface area (Å²) in [6.07, 6.45) is 3.61. The summed E-state index contributed by atoms with van der Waals surface area (Å²) < 4.78 is 0. The molecule has 80 valence electrons. The molecule has 0 unspecified atom stereocenters. The number of rotatable bonds is 2. The fraction of sp³-hybridized carbons (Fsp3) is 0.143. The predicted molar refractivity (Wildman–Crippen MR) is 71.8 cm³/mol. The van der Waals surface area contributed by atoms with Crippen molar-refractivity contribution in [1.82, 2.24) is 0 Å². The molecule has 0 saturated heterocycles. The summed E-state index contributed by atoms with van der Waals surface area (Å²) in [6.45, 7) is 17.6. The molecule has 0 aromatic heterocycles. The van der Waals surface area contributed by atoms with Gasteiger partial charge in [0.25, 0.3) is 0 Å². The summed E-state index contributed by atoms with van der Waals surface area (Å²) >= 11 is 0. The molecule has 0 aliphatic rings. The second-order valence-corrected chi connectivity index (χ2v) is 3.14. The van der Waals surface area contributed by atoms with Crippen LogP contribution in [0.15, 0.2) is 32.4 Å². The molecule has 0 aliphatic heterocycles. The third-order valence-electron chi connectivity index (χ3n) is 2.38.